The summed E-state index contributed by atoms with van der Waals surface area (Å²) >= 11 is 0. The van der Waals surface area contributed by atoms with Crippen molar-refractivity contribution >= 4 is 5.69 Å². The number of nitrogens with one attached hydrogen (secondary N) is 1. The standard InChI is InChI=1S/C17H27N3O/c1-21-17-6-4-16(5-7-17)20-11-8-14(9-12-20)19-15-3-2-10-18-13-15/h2-3,10,13-14,16-17,19H,4-9,11-12H2,1H3. The molecule has 0 spiro atoms. The molecule has 1 aromatic rings. The normalized spacial score (nSPS) is 28.4. The lowest BCUT2D eigenvalue weighted by atomic mass is 9.90. The number of ether oxygens (including phenoxy) is 1. The van der Waals surface area contributed by atoms with Crippen LogP contribution in [0.25, 0.3) is 0 Å². The van der Waals surface area contributed by atoms with Crippen LogP contribution in [0.15, 0.2) is 24.5 Å². The average Bonchev–Trinajstić information content (AvgIpc) is 2.57. The monoisotopic (exact) mass is 289 g/mol. The first-order chi connectivity index (χ1) is 10.3. The van der Waals surface area contributed by atoms with E-state index in [0.717, 1.165) is 11.7 Å². The Kier molecular flexibility index (Phi) is 5.09. The second kappa shape index (κ2) is 7.23. The molecule has 4 nitrogen and oxygen atoms in total. The lowest BCUT2D eigenvalue weighted by Gasteiger charge is -2.40. The fraction of sp³-hybridized carbons (Fsp3) is 0.706. The van der Waals surface area contributed by atoms with E-state index in [0.29, 0.717) is 12.1 Å². The first-order valence-electron chi connectivity index (χ1n) is 8.28. The molecule has 3 rings (SSSR count). The highest BCUT2D eigenvalue weighted by atomic mass is 16.5. The Morgan fingerprint density at radius 1 is 1.14 bits per heavy atom. The largest absolute Gasteiger partial charge is 0.381 e. The van der Waals surface area contributed by atoms with Gasteiger partial charge in [-0.1, -0.05) is 0 Å². The van der Waals surface area contributed by atoms with Gasteiger partial charge in [-0.25, -0.2) is 0 Å². The molecule has 4 heteroatoms. The van der Waals surface area contributed by atoms with Crippen LogP contribution in [-0.2, 0) is 4.74 Å². The topological polar surface area (TPSA) is 37.4 Å². The summed E-state index contributed by atoms with van der Waals surface area (Å²) in [6.07, 6.45) is 11.8. The molecule has 116 valence electrons. The van der Waals surface area contributed by atoms with Crippen molar-refractivity contribution in [3.05, 3.63) is 24.5 Å². The number of nitrogens with zero attached hydrogens (tertiary/aromatic N) is 2. The van der Waals surface area contributed by atoms with Gasteiger partial charge in [-0.15, -0.1) is 0 Å². The average molecular weight is 289 g/mol. The highest BCUT2D eigenvalue weighted by molar-refractivity contribution is 5.40. The molecule has 1 aliphatic heterocycles. The fourth-order valence-electron chi connectivity index (χ4n) is 3.74. The SMILES string of the molecule is COC1CCC(N2CCC(Nc3cccnc3)CC2)CC1. The molecule has 1 saturated heterocycles. The Balaban J connectivity index is 1.43. The van der Waals surface area contributed by atoms with Crippen LogP contribution in [0.1, 0.15) is 38.5 Å². The van der Waals surface area contributed by atoms with Crippen molar-refractivity contribution in [2.45, 2.75) is 56.7 Å². The highest BCUT2D eigenvalue weighted by Crippen LogP contribution is 2.27. The van der Waals surface area contributed by atoms with Crippen molar-refractivity contribution < 1.29 is 4.74 Å². The molecule has 1 aromatic heterocycles. The summed E-state index contributed by atoms with van der Waals surface area (Å²) < 4.78 is 5.48. The van der Waals surface area contributed by atoms with Crippen LogP contribution in [0, 0.1) is 0 Å². The van der Waals surface area contributed by atoms with Gasteiger partial charge >= 0.3 is 0 Å². The van der Waals surface area contributed by atoms with E-state index < -0.39 is 0 Å². The van der Waals surface area contributed by atoms with Gasteiger partial charge in [-0.3, -0.25) is 4.98 Å². The van der Waals surface area contributed by atoms with E-state index >= 15 is 0 Å². The smallest absolute Gasteiger partial charge is 0.0572 e. The molecule has 0 atom stereocenters. The Hall–Kier alpha value is -1.13. The second-order valence-electron chi connectivity index (χ2n) is 6.36. The molecule has 1 saturated carbocycles. The quantitative estimate of drug-likeness (QED) is 0.925. The number of pyridine rings is 1. The van der Waals surface area contributed by atoms with Gasteiger partial charge in [0.1, 0.15) is 0 Å². The van der Waals surface area contributed by atoms with Gasteiger partial charge in [0.15, 0.2) is 0 Å². The van der Waals surface area contributed by atoms with E-state index in [2.05, 4.69) is 21.3 Å². The third-order valence-electron chi connectivity index (χ3n) is 5.06. The number of likely N-dealkylation sites (tertiary alicyclic amines) is 1. The van der Waals surface area contributed by atoms with Crippen LogP contribution in [0.3, 0.4) is 0 Å². The molecule has 2 fully saturated rings. The molecular weight excluding hydrogens is 262 g/mol. The maximum absolute atomic E-state index is 5.48. The zero-order chi connectivity index (χ0) is 14.5. The van der Waals surface area contributed by atoms with E-state index in [9.17, 15) is 0 Å². The maximum Gasteiger partial charge on any atom is 0.0572 e. The summed E-state index contributed by atoms with van der Waals surface area (Å²) in [6.45, 7) is 2.44. The molecule has 0 radical (unpaired) electrons. The number of hydrogen-bond acceptors (Lipinski definition) is 4. The zero-order valence-corrected chi connectivity index (χ0v) is 13.0. The van der Waals surface area contributed by atoms with Crippen LogP contribution >= 0.6 is 0 Å². The van der Waals surface area contributed by atoms with E-state index in [4.69, 9.17) is 4.74 Å². The van der Waals surface area contributed by atoms with E-state index in [-0.39, 0.29) is 0 Å². The molecule has 0 aromatic carbocycles. The van der Waals surface area contributed by atoms with Gasteiger partial charge in [-0.2, -0.15) is 0 Å². The minimum atomic E-state index is 0.506. The summed E-state index contributed by atoms with van der Waals surface area (Å²) in [7, 11) is 1.85. The number of methoxy groups -OCH3 is 1. The predicted molar refractivity (Wildman–Crippen MR) is 85.5 cm³/mol. The van der Waals surface area contributed by atoms with Crippen LogP contribution in [0.2, 0.25) is 0 Å². The van der Waals surface area contributed by atoms with Gasteiger partial charge in [-0.05, 0) is 50.7 Å². The van der Waals surface area contributed by atoms with Crippen molar-refractivity contribution in [2.24, 2.45) is 0 Å². The molecule has 2 aliphatic rings. The van der Waals surface area contributed by atoms with E-state index in [1.807, 2.05) is 25.6 Å². The molecule has 2 heterocycles. The van der Waals surface area contributed by atoms with Gasteiger partial charge < -0.3 is 15.0 Å². The molecule has 0 amide bonds. The Morgan fingerprint density at radius 2 is 1.90 bits per heavy atom. The third-order valence-corrected chi connectivity index (χ3v) is 5.06. The Morgan fingerprint density at radius 3 is 2.52 bits per heavy atom. The Labute approximate surface area is 127 Å². The molecular formula is C17H27N3O. The van der Waals surface area contributed by atoms with E-state index in [1.54, 1.807) is 0 Å². The zero-order valence-electron chi connectivity index (χ0n) is 13.0. The highest BCUT2D eigenvalue weighted by Gasteiger charge is 2.28. The third kappa shape index (κ3) is 3.95. The van der Waals surface area contributed by atoms with Gasteiger partial charge in [0.2, 0.25) is 0 Å². The molecule has 21 heavy (non-hydrogen) atoms. The lowest BCUT2D eigenvalue weighted by Crippen LogP contribution is -2.46. The predicted octanol–water partition coefficient (Wildman–Crippen LogP) is 2.92. The van der Waals surface area contributed by atoms with Crippen LogP contribution in [0.4, 0.5) is 5.69 Å². The summed E-state index contributed by atoms with van der Waals surface area (Å²) in [5.74, 6) is 0. The molecule has 0 unspecified atom stereocenters. The minimum Gasteiger partial charge on any atom is -0.381 e. The number of anilines is 1. The number of piperidine rings is 1. The van der Waals surface area contributed by atoms with Gasteiger partial charge in [0.25, 0.3) is 0 Å². The van der Waals surface area contributed by atoms with Crippen LogP contribution < -0.4 is 5.32 Å². The number of aromatic nitrogens is 1. The second-order valence-corrected chi connectivity index (χ2v) is 6.36. The van der Waals surface area contributed by atoms with Crippen LogP contribution in [-0.4, -0.2) is 48.3 Å². The summed E-state index contributed by atoms with van der Waals surface area (Å²) in [6, 6.07) is 5.48. The van der Waals surface area contributed by atoms with Gasteiger partial charge in [0.05, 0.1) is 11.8 Å². The van der Waals surface area contributed by atoms with E-state index in [1.165, 1.54) is 51.6 Å². The first-order valence-corrected chi connectivity index (χ1v) is 8.28. The molecule has 1 N–H and O–H groups in total. The maximum atomic E-state index is 5.48. The summed E-state index contributed by atoms with van der Waals surface area (Å²) in [5, 5.41) is 3.61. The van der Waals surface area contributed by atoms with Crippen molar-refractivity contribution in [1.29, 1.82) is 0 Å². The van der Waals surface area contributed by atoms with Crippen molar-refractivity contribution in [3.8, 4) is 0 Å². The summed E-state index contributed by atoms with van der Waals surface area (Å²) in [4.78, 5) is 6.87. The van der Waals surface area contributed by atoms with Gasteiger partial charge in [0, 0.05) is 44.7 Å². The Bertz CT molecular complexity index is 409. The van der Waals surface area contributed by atoms with Crippen molar-refractivity contribution in [2.75, 3.05) is 25.5 Å². The number of hydrogen-bond donors (Lipinski definition) is 1. The molecule has 1 aliphatic carbocycles. The fourth-order valence-corrected chi connectivity index (χ4v) is 3.74. The van der Waals surface area contributed by atoms with Crippen molar-refractivity contribution in [3.63, 3.8) is 0 Å². The first kappa shape index (κ1) is 14.8. The summed E-state index contributed by atoms with van der Waals surface area (Å²) in [5.41, 5.74) is 1.15. The molecule has 0 bridgehead atoms. The lowest BCUT2D eigenvalue weighted by molar-refractivity contribution is 0.0329. The minimum absolute atomic E-state index is 0.506. The number of rotatable bonds is 4. The van der Waals surface area contributed by atoms with Crippen LogP contribution in [0.5, 0.6) is 0 Å². The van der Waals surface area contributed by atoms with Crippen molar-refractivity contribution in [1.82, 2.24) is 9.88 Å².